The summed E-state index contributed by atoms with van der Waals surface area (Å²) in [5, 5.41) is 19.5. The highest BCUT2D eigenvalue weighted by Gasteiger charge is 2.19. The summed E-state index contributed by atoms with van der Waals surface area (Å²) in [6.45, 7) is 3.31. The Bertz CT molecular complexity index is 1390. The summed E-state index contributed by atoms with van der Waals surface area (Å²) in [5.41, 5.74) is 1.64. The molecule has 3 rings (SSSR count). The van der Waals surface area contributed by atoms with Crippen LogP contribution in [-0.4, -0.2) is 43.3 Å². The average molecular weight is 470 g/mol. The van der Waals surface area contributed by atoms with Gasteiger partial charge in [0.2, 0.25) is 0 Å². The van der Waals surface area contributed by atoms with E-state index in [4.69, 9.17) is 16.4 Å². The van der Waals surface area contributed by atoms with Crippen LogP contribution in [0.2, 0.25) is 0 Å². The molecular formula is C24H23N9O2. The number of nitrogens with one attached hydrogen (secondary N) is 2. The second kappa shape index (κ2) is 11.2. The average Bonchev–Trinajstić information content (AvgIpc) is 3.29. The first-order valence-corrected chi connectivity index (χ1v) is 10.5. The van der Waals surface area contributed by atoms with E-state index in [1.54, 1.807) is 50.2 Å². The fourth-order valence-corrected chi connectivity index (χ4v) is 3.06. The second-order valence-electron chi connectivity index (χ2n) is 7.13. The van der Waals surface area contributed by atoms with Gasteiger partial charge in [0.25, 0.3) is 0 Å². The van der Waals surface area contributed by atoms with Crippen LogP contribution < -0.4 is 15.4 Å². The van der Waals surface area contributed by atoms with E-state index >= 15 is 0 Å². The zero-order valence-electron chi connectivity index (χ0n) is 19.7. The Balaban J connectivity index is 2.05. The first-order chi connectivity index (χ1) is 16.9. The third-order valence-electron chi connectivity index (χ3n) is 4.65. The van der Waals surface area contributed by atoms with Gasteiger partial charge < -0.3 is 15.4 Å². The van der Waals surface area contributed by atoms with Crippen molar-refractivity contribution < 1.29 is 9.53 Å². The number of carbonyl (C=O) groups excluding carboxylic acids is 1. The van der Waals surface area contributed by atoms with Crippen LogP contribution in [-0.2, 0) is 7.05 Å². The standard InChI is InChI=1S/C24H23N9O2/c1-6-8-20(29-15(3)12-25)31-21-11-18(17(13-27-21)19(34)7-2)30-24-22(35-5)16(9-10-26-24)23-28-14-33(4)32-23/h1,8-11,13-14H,7H2,2-5H3,(H2,26,27,30,31)/b20-8+,29-15+. The second-order valence-corrected chi connectivity index (χ2v) is 7.13. The normalized spacial score (nSPS) is 11.4. The van der Waals surface area contributed by atoms with Crippen molar-refractivity contribution in [3.05, 3.63) is 48.3 Å². The van der Waals surface area contributed by atoms with Gasteiger partial charge in [-0.05, 0) is 13.0 Å². The molecule has 3 aromatic rings. The molecule has 0 saturated carbocycles. The number of methoxy groups -OCH3 is 1. The lowest BCUT2D eigenvalue weighted by Crippen LogP contribution is -2.08. The molecule has 3 heterocycles. The van der Waals surface area contributed by atoms with E-state index in [1.165, 1.54) is 19.4 Å². The molecule has 11 nitrogen and oxygen atoms in total. The number of aryl methyl sites for hydroxylation is 1. The molecule has 35 heavy (non-hydrogen) atoms. The number of terminal acetylenes is 1. The van der Waals surface area contributed by atoms with Gasteiger partial charge >= 0.3 is 0 Å². The maximum Gasteiger partial charge on any atom is 0.185 e. The number of pyridine rings is 2. The molecule has 0 spiro atoms. The number of ketones is 1. The van der Waals surface area contributed by atoms with Crippen LogP contribution in [0, 0.1) is 23.7 Å². The van der Waals surface area contributed by atoms with Crippen molar-refractivity contribution in [2.24, 2.45) is 12.0 Å². The van der Waals surface area contributed by atoms with Gasteiger partial charge in [-0.2, -0.15) is 10.4 Å². The molecule has 0 unspecified atom stereocenters. The number of nitrogens with zero attached hydrogens (tertiary/aromatic N) is 7. The minimum Gasteiger partial charge on any atom is -0.492 e. The van der Waals surface area contributed by atoms with E-state index in [-0.39, 0.29) is 23.7 Å². The Morgan fingerprint density at radius 1 is 1.37 bits per heavy atom. The lowest BCUT2D eigenvalue weighted by molar-refractivity contribution is 0.0988. The van der Waals surface area contributed by atoms with E-state index in [2.05, 4.69) is 41.6 Å². The summed E-state index contributed by atoms with van der Waals surface area (Å²) in [6, 6.07) is 5.30. The number of nitriles is 1. The zero-order chi connectivity index (χ0) is 25.4. The van der Waals surface area contributed by atoms with Gasteiger partial charge in [0, 0.05) is 38.0 Å². The quantitative estimate of drug-likeness (QED) is 0.273. The number of anilines is 3. The first-order valence-electron chi connectivity index (χ1n) is 10.5. The van der Waals surface area contributed by atoms with Crippen LogP contribution >= 0.6 is 0 Å². The molecule has 0 amide bonds. The maximum atomic E-state index is 12.6. The van der Waals surface area contributed by atoms with Gasteiger partial charge in [-0.15, -0.1) is 6.42 Å². The molecule has 0 aliphatic heterocycles. The number of Topliss-reactive ketones (excluding diaryl/α,β-unsaturated/α-hetero) is 1. The minimum absolute atomic E-state index is 0.120. The van der Waals surface area contributed by atoms with Crippen LogP contribution in [0.5, 0.6) is 5.75 Å². The SMILES string of the molecule is C#C/C=C(\N=C(/C)C#N)Nc1cc(Nc2nccc(-c3ncn(C)n3)c2OC)c(C(=O)CC)cn1. The van der Waals surface area contributed by atoms with Crippen molar-refractivity contribution in [1.82, 2.24) is 24.7 Å². The molecule has 0 atom stereocenters. The monoisotopic (exact) mass is 469 g/mol. The first kappa shape index (κ1) is 24.6. The largest absolute Gasteiger partial charge is 0.492 e. The number of ether oxygens (including phenoxy) is 1. The lowest BCUT2D eigenvalue weighted by Gasteiger charge is -2.16. The van der Waals surface area contributed by atoms with Crippen LogP contribution in [0.1, 0.15) is 30.6 Å². The highest BCUT2D eigenvalue weighted by atomic mass is 16.5. The number of aliphatic imine (C=N–C) groups is 1. The van der Waals surface area contributed by atoms with E-state index in [9.17, 15) is 4.79 Å². The summed E-state index contributed by atoms with van der Waals surface area (Å²) in [5.74, 6) is 4.07. The smallest absolute Gasteiger partial charge is 0.185 e. The van der Waals surface area contributed by atoms with Gasteiger partial charge in [0.05, 0.1) is 23.9 Å². The molecule has 2 N–H and O–H groups in total. The molecule has 0 bridgehead atoms. The predicted molar refractivity (Wildman–Crippen MR) is 132 cm³/mol. The molecule has 11 heteroatoms. The van der Waals surface area contributed by atoms with E-state index in [1.807, 2.05) is 6.07 Å². The van der Waals surface area contributed by atoms with Crippen LogP contribution in [0.4, 0.5) is 17.3 Å². The lowest BCUT2D eigenvalue weighted by atomic mass is 10.1. The predicted octanol–water partition coefficient (Wildman–Crippen LogP) is 3.49. The Morgan fingerprint density at radius 3 is 2.80 bits per heavy atom. The number of rotatable bonds is 9. The van der Waals surface area contributed by atoms with Gasteiger partial charge in [-0.3, -0.25) is 9.48 Å². The van der Waals surface area contributed by atoms with Gasteiger partial charge in [0.1, 0.15) is 29.7 Å². The Morgan fingerprint density at radius 2 is 2.17 bits per heavy atom. The van der Waals surface area contributed by atoms with Crippen LogP contribution in [0.25, 0.3) is 11.4 Å². The molecule has 0 aromatic carbocycles. The number of allylic oxidation sites excluding steroid dienone is 1. The van der Waals surface area contributed by atoms with Gasteiger partial charge in [-0.25, -0.2) is 19.9 Å². The Labute approximate surface area is 202 Å². The van der Waals surface area contributed by atoms with Crippen molar-refractivity contribution in [2.45, 2.75) is 20.3 Å². The molecule has 0 saturated heterocycles. The van der Waals surface area contributed by atoms with Crippen LogP contribution in [0.15, 0.2) is 47.7 Å². The highest BCUT2D eigenvalue weighted by molar-refractivity contribution is 6.02. The topological polar surface area (TPSA) is 143 Å². The van der Waals surface area contributed by atoms with Crippen molar-refractivity contribution in [3.63, 3.8) is 0 Å². The summed E-state index contributed by atoms with van der Waals surface area (Å²) in [4.78, 5) is 29.7. The third-order valence-corrected chi connectivity index (χ3v) is 4.65. The summed E-state index contributed by atoms with van der Waals surface area (Å²) >= 11 is 0. The number of carbonyl (C=O) groups is 1. The fraction of sp³-hybridized carbons (Fsp3) is 0.208. The fourth-order valence-electron chi connectivity index (χ4n) is 3.06. The van der Waals surface area contributed by atoms with Crippen molar-refractivity contribution in [1.29, 1.82) is 5.26 Å². The molecule has 0 aliphatic rings. The van der Waals surface area contributed by atoms with E-state index < -0.39 is 0 Å². The molecule has 176 valence electrons. The van der Waals surface area contributed by atoms with Crippen molar-refractivity contribution in [3.8, 4) is 35.6 Å². The highest BCUT2D eigenvalue weighted by Crippen LogP contribution is 2.35. The minimum atomic E-state index is -0.120. The molecule has 0 radical (unpaired) electrons. The van der Waals surface area contributed by atoms with E-state index in [0.29, 0.717) is 40.0 Å². The molecule has 0 aliphatic carbocycles. The summed E-state index contributed by atoms with van der Waals surface area (Å²) in [7, 11) is 3.28. The third kappa shape index (κ3) is 5.86. The summed E-state index contributed by atoms with van der Waals surface area (Å²) < 4.78 is 7.19. The van der Waals surface area contributed by atoms with Gasteiger partial charge in [-0.1, -0.05) is 12.8 Å². The van der Waals surface area contributed by atoms with Crippen LogP contribution in [0.3, 0.4) is 0 Å². The number of hydrogen-bond acceptors (Lipinski definition) is 10. The zero-order valence-corrected chi connectivity index (χ0v) is 19.7. The van der Waals surface area contributed by atoms with Crippen molar-refractivity contribution in [2.75, 3.05) is 17.7 Å². The number of aromatic nitrogens is 5. The Hall–Kier alpha value is -5.03. The number of hydrogen-bond donors (Lipinski definition) is 2. The molecular weight excluding hydrogens is 446 g/mol. The van der Waals surface area contributed by atoms with E-state index in [0.717, 1.165) is 0 Å². The maximum absolute atomic E-state index is 12.6. The summed E-state index contributed by atoms with van der Waals surface area (Å²) in [6.07, 6.45) is 11.6. The Kier molecular flexibility index (Phi) is 7.88. The molecule has 3 aromatic heterocycles. The van der Waals surface area contributed by atoms with Crippen molar-refractivity contribution >= 4 is 28.8 Å². The molecule has 0 fully saturated rings. The van der Waals surface area contributed by atoms with Gasteiger partial charge in [0.15, 0.2) is 23.2 Å².